The van der Waals surface area contributed by atoms with Crippen molar-refractivity contribution in [2.24, 2.45) is 0 Å². The van der Waals surface area contributed by atoms with Crippen molar-refractivity contribution in [3.63, 3.8) is 0 Å². The minimum Gasteiger partial charge on any atom is -0.384 e. The second kappa shape index (κ2) is 5.18. The smallest absolute Gasteiger partial charge is 0.221 e. The standard InChI is InChI=1S/C12H13NO2/c1-9-6-11(4-3-5-14)8-12(7-9)13-10(2)15/h6-8,14H,5H2,1-2H3,(H,13,15). The fraction of sp³-hybridized carbons (Fsp3) is 0.250. The highest BCUT2D eigenvalue weighted by molar-refractivity contribution is 5.88. The molecule has 3 nitrogen and oxygen atoms in total. The van der Waals surface area contributed by atoms with Gasteiger partial charge >= 0.3 is 0 Å². The monoisotopic (exact) mass is 203 g/mol. The lowest BCUT2D eigenvalue weighted by Crippen LogP contribution is -2.05. The number of rotatable bonds is 1. The van der Waals surface area contributed by atoms with E-state index in [1.807, 2.05) is 19.1 Å². The van der Waals surface area contributed by atoms with Crippen LogP contribution in [0.5, 0.6) is 0 Å². The highest BCUT2D eigenvalue weighted by atomic mass is 16.2. The summed E-state index contributed by atoms with van der Waals surface area (Å²) in [5.41, 5.74) is 2.53. The maximum atomic E-state index is 10.9. The molecule has 2 N–H and O–H groups in total. The number of aliphatic hydroxyl groups excluding tert-OH is 1. The molecular weight excluding hydrogens is 190 g/mol. The lowest BCUT2D eigenvalue weighted by atomic mass is 10.1. The molecule has 1 rings (SSSR count). The number of hydrogen-bond acceptors (Lipinski definition) is 2. The molecule has 1 aromatic rings. The van der Waals surface area contributed by atoms with Crippen LogP contribution in [0.15, 0.2) is 18.2 Å². The normalized spacial score (nSPS) is 9.00. The minimum atomic E-state index is -0.163. The van der Waals surface area contributed by atoms with Gasteiger partial charge in [-0.25, -0.2) is 0 Å². The quantitative estimate of drug-likeness (QED) is 0.676. The SMILES string of the molecule is CC(=O)Nc1cc(C)cc(C#CCO)c1. The molecule has 0 aliphatic heterocycles. The van der Waals surface area contributed by atoms with E-state index in [1.54, 1.807) is 6.07 Å². The Hall–Kier alpha value is -1.79. The van der Waals surface area contributed by atoms with Gasteiger partial charge in [-0.1, -0.05) is 11.8 Å². The van der Waals surface area contributed by atoms with Crippen LogP contribution in [0.2, 0.25) is 0 Å². The summed E-state index contributed by atoms with van der Waals surface area (Å²) in [6.07, 6.45) is 0. The van der Waals surface area contributed by atoms with E-state index >= 15 is 0 Å². The van der Waals surface area contributed by atoms with Crippen molar-refractivity contribution in [3.8, 4) is 11.8 Å². The molecule has 0 atom stereocenters. The molecule has 0 fully saturated rings. The number of carbonyl (C=O) groups is 1. The predicted octanol–water partition coefficient (Wildman–Crippen LogP) is 1.30. The third kappa shape index (κ3) is 3.84. The van der Waals surface area contributed by atoms with Crippen LogP contribution in [0.25, 0.3) is 0 Å². The first-order chi connectivity index (χ1) is 7.11. The van der Waals surface area contributed by atoms with Crippen LogP contribution >= 0.6 is 0 Å². The van der Waals surface area contributed by atoms with Gasteiger partial charge in [0.1, 0.15) is 6.61 Å². The Morgan fingerprint density at radius 2 is 2.20 bits per heavy atom. The van der Waals surface area contributed by atoms with Crippen LogP contribution in [0.4, 0.5) is 5.69 Å². The average molecular weight is 203 g/mol. The first-order valence-corrected chi connectivity index (χ1v) is 4.61. The van der Waals surface area contributed by atoms with Crippen molar-refractivity contribution >= 4 is 11.6 Å². The number of amides is 1. The van der Waals surface area contributed by atoms with Gasteiger partial charge in [0, 0.05) is 18.2 Å². The Morgan fingerprint density at radius 1 is 1.47 bits per heavy atom. The minimum absolute atomic E-state index is 0.110. The Morgan fingerprint density at radius 3 is 2.80 bits per heavy atom. The lowest BCUT2D eigenvalue weighted by Gasteiger charge is -2.04. The van der Waals surface area contributed by atoms with Crippen LogP contribution in [-0.2, 0) is 4.79 Å². The Bertz CT molecular complexity index is 427. The van der Waals surface area contributed by atoms with Crippen molar-refractivity contribution in [2.75, 3.05) is 11.9 Å². The van der Waals surface area contributed by atoms with Crippen LogP contribution in [0, 0.1) is 18.8 Å². The molecule has 15 heavy (non-hydrogen) atoms. The summed E-state index contributed by atoms with van der Waals surface area (Å²) in [7, 11) is 0. The molecule has 0 bridgehead atoms. The van der Waals surface area contributed by atoms with E-state index in [-0.39, 0.29) is 12.5 Å². The van der Waals surface area contributed by atoms with Gasteiger partial charge in [0.2, 0.25) is 5.91 Å². The fourth-order valence-electron chi connectivity index (χ4n) is 1.27. The molecular formula is C12H13NO2. The Balaban J connectivity index is 2.99. The Kier molecular flexibility index (Phi) is 3.90. The maximum Gasteiger partial charge on any atom is 0.221 e. The van der Waals surface area contributed by atoms with E-state index in [0.29, 0.717) is 0 Å². The second-order valence-electron chi connectivity index (χ2n) is 3.23. The van der Waals surface area contributed by atoms with E-state index < -0.39 is 0 Å². The van der Waals surface area contributed by atoms with Gasteiger partial charge < -0.3 is 10.4 Å². The van der Waals surface area contributed by atoms with Crippen molar-refractivity contribution in [2.45, 2.75) is 13.8 Å². The zero-order chi connectivity index (χ0) is 11.3. The average Bonchev–Trinajstić information content (AvgIpc) is 2.12. The molecule has 0 aliphatic rings. The van der Waals surface area contributed by atoms with Gasteiger partial charge in [-0.15, -0.1) is 0 Å². The van der Waals surface area contributed by atoms with Crippen molar-refractivity contribution in [3.05, 3.63) is 29.3 Å². The van der Waals surface area contributed by atoms with Gasteiger partial charge in [-0.3, -0.25) is 4.79 Å². The zero-order valence-electron chi connectivity index (χ0n) is 8.79. The number of nitrogens with one attached hydrogen (secondary N) is 1. The number of benzene rings is 1. The number of aryl methyl sites for hydroxylation is 1. The topological polar surface area (TPSA) is 49.3 Å². The first kappa shape index (κ1) is 11.3. The molecule has 0 heterocycles. The van der Waals surface area contributed by atoms with Gasteiger partial charge in [-0.05, 0) is 30.7 Å². The van der Waals surface area contributed by atoms with E-state index in [2.05, 4.69) is 17.2 Å². The Labute approximate surface area is 89.1 Å². The molecule has 0 aliphatic carbocycles. The molecule has 0 spiro atoms. The summed E-state index contributed by atoms with van der Waals surface area (Å²) in [6, 6.07) is 5.54. The summed E-state index contributed by atoms with van der Waals surface area (Å²) in [5, 5.41) is 11.3. The van der Waals surface area contributed by atoms with E-state index in [9.17, 15) is 4.79 Å². The van der Waals surface area contributed by atoms with Crippen LogP contribution in [0.3, 0.4) is 0 Å². The van der Waals surface area contributed by atoms with Gasteiger partial charge in [0.15, 0.2) is 0 Å². The lowest BCUT2D eigenvalue weighted by molar-refractivity contribution is -0.114. The number of hydrogen-bond donors (Lipinski definition) is 2. The second-order valence-corrected chi connectivity index (χ2v) is 3.23. The van der Waals surface area contributed by atoms with Crippen LogP contribution in [0.1, 0.15) is 18.1 Å². The molecule has 3 heteroatoms. The summed E-state index contributed by atoms with van der Waals surface area (Å²) < 4.78 is 0. The summed E-state index contributed by atoms with van der Waals surface area (Å²) in [5.74, 6) is 5.25. The maximum absolute atomic E-state index is 10.9. The van der Waals surface area contributed by atoms with E-state index in [4.69, 9.17) is 5.11 Å². The third-order valence-corrected chi connectivity index (χ3v) is 1.71. The molecule has 0 unspecified atom stereocenters. The van der Waals surface area contributed by atoms with Crippen molar-refractivity contribution in [1.82, 2.24) is 0 Å². The van der Waals surface area contributed by atoms with Gasteiger partial charge in [0.25, 0.3) is 0 Å². The number of aliphatic hydroxyl groups is 1. The molecule has 0 aromatic heterocycles. The van der Waals surface area contributed by atoms with Gasteiger partial charge in [0.05, 0.1) is 0 Å². The predicted molar refractivity (Wildman–Crippen MR) is 59.4 cm³/mol. The van der Waals surface area contributed by atoms with Crippen LogP contribution in [-0.4, -0.2) is 17.6 Å². The molecule has 1 aromatic carbocycles. The van der Waals surface area contributed by atoms with Crippen molar-refractivity contribution in [1.29, 1.82) is 0 Å². The molecule has 0 saturated heterocycles. The largest absolute Gasteiger partial charge is 0.384 e. The highest BCUT2D eigenvalue weighted by Crippen LogP contribution is 2.13. The van der Waals surface area contributed by atoms with Crippen molar-refractivity contribution < 1.29 is 9.90 Å². The third-order valence-electron chi connectivity index (χ3n) is 1.71. The summed E-state index contributed by atoms with van der Waals surface area (Å²) >= 11 is 0. The number of anilines is 1. The first-order valence-electron chi connectivity index (χ1n) is 4.61. The molecule has 78 valence electrons. The zero-order valence-corrected chi connectivity index (χ0v) is 8.79. The fourth-order valence-corrected chi connectivity index (χ4v) is 1.27. The summed E-state index contributed by atoms with van der Waals surface area (Å²) in [6.45, 7) is 3.22. The van der Waals surface area contributed by atoms with Crippen LogP contribution < -0.4 is 5.32 Å². The molecule has 1 amide bonds. The summed E-state index contributed by atoms with van der Waals surface area (Å²) in [4.78, 5) is 10.9. The van der Waals surface area contributed by atoms with E-state index in [0.717, 1.165) is 16.8 Å². The molecule has 0 saturated carbocycles. The van der Waals surface area contributed by atoms with Gasteiger partial charge in [-0.2, -0.15) is 0 Å². The number of carbonyl (C=O) groups excluding carboxylic acids is 1. The van der Waals surface area contributed by atoms with E-state index in [1.165, 1.54) is 6.92 Å². The highest BCUT2D eigenvalue weighted by Gasteiger charge is 1.98. The molecule has 0 radical (unpaired) electrons.